The quantitative estimate of drug-likeness (QED) is 0.371. The minimum Gasteiger partial charge on any atom is -0.465 e. The van der Waals surface area contributed by atoms with Crippen molar-refractivity contribution < 1.29 is 28.2 Å². The van der Waals surface area contributed by atoms with E-state index in [0.717, 1.165) is 0 Å². The number of esters is 2. The number of benzene rings is 2. The lowest BCUT2D eigenvalue weighted by atomic mass is 9.81. The zero-order chi connectivity index (χ0) is 25.3. The van der Waals surface area contributed by atoms with Gasteiger partial charge in [-0.15, -0.1) is 11.3 Å². The van der Waals surface area contributed by atoms with Gasteiger partial charge in [-0.1, -0.05) is 12.1 Å². The number of rotatable bonds is 6. The average Bonchev–Trinajstić information content (AvgIpc) is 3.18. The number of nitrogens with two attached hydrogens (primary N) is 1. The van der Waals surface area contributed by atoms with E-state index in [1.165, 1.54) is 42.7 Å². The summed E-state index contributed by atoms with van der Waals surface area (Å²) in [5.74, 6) is -2.43. The smallest absolute Gasteiger partial charge is 0.337 e. The number of carbonyl (C=O) groups excluding carboxylic acids is 3. The fourth-order valence-electron chi connectivity index (χ4n) is 4.08. The van der Waals surface area contributed by atoms with Gasteiger partial charge in [0.15, 0.2) is 0 Å². The molecule has 35 heavy (non-hydrogen) atoms. The summed E-state index contributed by atoms with van der Waals surface area (Å²) in [7, 11) is 1.30. The van der Waals surface area contributed by atoms with Gasteiger partial charge >= 0.3 is 11.9 Å². The number of anilines is 2. The van der Waals surface area contributed by atoms with E-state index in [4.69, 9.17) is 15.2 Å². The van der Waals surface area contributed by atoms with Crippen LogP contribution >= 0.6 is 11.3 Å². The number of halogens is 1. The molecule has 3 aromatic rings. The lowest BCUT2D eigenvalue weighted by Gasteiger charge is -2.28. The Morgan fingerprint density at radius 2 is 1.66 bits per heavy atom. The number of hydrogen-bond donors (Lipinski definition) is 2. The zero-order valence-electron chi connectivity index (χ0n) is 19.3. The highest BCUT2D eigenvalue weighted by molar-refractivity contribution is 7.19. The Hall–Kier alpha value is -3.98. The van der Waals surface area contributed by atoms with Gasteiger partial charge in [0.05, 0.1) is 35.5 Å². The molecule has 180 valence electrons. The molecule has 2 heterocycles. The van der Waals surface area contributed by atoms with Crippen molar-refractivity contribution in [3.63, 3.8) is 0 Å². The van der Waals surface area contributed by atoms with Crippen LogP contribution in [0, 0.1) is 5.82 Å². The van der Waals surface area contributed by atoms with Gasteiger partial charge in [0.1, 0.15) is 10.7 Å². The highest BCUT2D eigenvalue weighted by Crippen LogP contribution is 2.50. The number of nitrogen functional groups attached to an aromatic ring is 1. The molecule has 0 saturated carbocycles. The predicted molar refractivity (Wildman–Crippen MR) is 131 cm³/mol. The Bertz CT molecular complexity index is 1340. The number of allylic oxidation sites excluding steroid dienone is 1. The van der Waals surface area contributed by atoms with E-state index in [0.29, 0.717) is 38.5 Å². The second-order valence-corrected chi connectivity index (χ2v) is 8.88. The molecule has 3 N–H and O–H groups in total. The Morgan fingerprint density at radius 3 is 2.26 bits per heavy atom. The van der Waals surface area contributed by atoms with Crippen molar-refractivity contribution in [2.45, 2.75) is 19.8 Å². The fourth-order valence-corrected chi connectivity index (χ4v) is 5.25. The molecule has 0 spiro atoms. The van der Waals surface area contributed by atoms with Crippen molar-refractivity contribution >= 4 is 39.7 Å². The zero-order valence-corrected chi connectivity index (χ0v) is 20.1. The summed E-state index contributed by atoms with van der Waals surface area (Å²) in [6.45, 7) is 3.65. The van der Waals surface area contributed by atoms with Crippen LogP contribution in [-0.4, -0.2) is 31.4 Å². The van der Waals surface area contributed by atoms with Crippen LogP contribution < -0.4 is 11.1 Å². The molecule has 0 amide bonds. The van der Waals surface area contributed by atoms with Crippen LogP contribution in [0.15, 0.2) is 59.8 Å². The molecule has 7 nitrogen and oxygen atoms in total. The van der Waals surface area contributed by atoms with Crippen molar-refractivity contribution in [1.82, 2.24) is 0 Å². The standard InChI is InChI=1S/C26H23FN2O5S/c1-4-34-26(32)18-13(2)29-24-20(19(18)14-5-7-16(8-6-14)25(31)33-3)21(28)23(35-24)22(30)15-9-11-17(27)12-10-15/h5-12,19,29H,4,28H2,1-3H3/t19-/m0/s1. The molecule has 2 aromatic carbocycles. The van der Waals surface area contributed by atoms with E-state index in [-0.39, 0.29) is 23.0 Å². The first kappa shape index (κ1) is 24.2. The first-order valence-corrected chi connectivity index (χ1v) is 11.6. The number of ketones is 1. The molecule has 0 radical (unpaired) electrons. The maximum atomic E-state index is 13.4. The topological polar surface area (TPSA) is 108 Å². The Morgan fingerprint density at radius 1 is 1.03 bits per heavy atom. The van der Waals surface area contributed by atoms with Crippen molar-refractivity contribution in [2.24, 2.45) is 0 Å². The van der Waals surface area contributed by atoms with Crippen LogP contribution in [0.3, 0.4) is 0 Å². The maximum Gasteiger partial charge on any atom is 0.337 e. The number of carbonyl (C=O) groups is 3. The summed E-state index contributed by atoms with van der Waals surface area (Å²) in [6, 6.07) is 11.9. The van der Waals surface area contributed by atoms with Gasteiger partial charge in [0.25, 0.3) is 0 Å². The second-order valence-electron chi connectivity index (χ2n) is 7.85. The van der Waals surface area contributed by atoms with E-state index in [1.54, 1.807) is 38.1 Å². The Balaban J connectivity index is 1.85. The minimum atomic E-state index is -0.636. The summed E-state index contributed by atoms with van der Waals surface area (Å²) in [6.07, 6.45) is 0. The van der Waals surface area contributed by atoms with Crippen molar-refractivity contribution in [3.8, 4) is 0 Å². The van der Waals surface area contributed by atoms with Gasteiger partial charge < -0.3 is 20.5 Å². The van der Waals surface area contributed by atoms with Gasteiger partial charge in [0, 0.05) is 22.7 Å². The van der Waals surface area contributed by atoms with Gasteiger partial charge in [-0.3, -0.25) is 4.79 Å². The number of nitrogens with one attached hydrogen (secondary N) is 1. The monoisotopic (exact) mass is 494 g/mol. The number of thiophene rings is 1. The minimum absolute atomic E-state index is 0.184. The molecule has 0 aliphatic carbocycles. The molecular formula is C26H23FN2O5S. The summed E-state index contributed by atoms with van der Waals surface area (Å²) in [5.41, 5.74) is 9.59. The van der Waals surface area contributed by atoms with Gasteiger partial charge in [-0.2, -0.15) is 0 Å². The molecular weight excluding hydrogens is 471 g/mol. The first-order chi connectivity index (χ1) is 16.8. The molecule has 0 unspecified atom stereocenters. The van der Waals surface area contributed by atoms with Gasteiger partial charge in [-0.05, 0) is 55.8 Å². The van der Waals surface area contributed by atoms with Crippen LogP contribution in [0.2, 0.25) is 0 Å². The molecule has 4 rings (SSSR count). The molecule has 0 bridgehead atoms. The second kappa shape index (κ2) is 9.71. The lowest BCUT2D eigenvalue weighted by molar-refractivity contribution is -0.138. The van der Waals surface area contributed by atoms with E-state index in [1.807, 2.05) is 0 Å². The molecule has 0 saturated heterocycles. The van der Waals surface area contributed by atoms with Crippen LogP contribution in [0.1, 0.15) is 56.5 Å². The SMILES string of the molecule is CCOC(=O)C1=C(C)Nc2sc(C(=O)c3ccc(F)cc3)c(N)c2[C@H]1c1ccc(C(=O)OC)cc1. The van der Waals surface area contributed by atoms with E-state index >= 15 is 0 Å². The number of methoxy groups -OCH3 is 1. The molecule has 9 heteroatoms. The van der Waals surface area contributed by atoms with E-state index in [2.05, 4.69) is 5.32 Å². The summed E-state index contributed by atoms with van der Waals surface area (Å²) >= 11 is 1.17. The molecule has 1 aliphatic rings. The van der Waals surface area contributed by atoms with E-state index < -0.39 is 23.7 Å². The average molecular weight is 495 g/mol. The highest BCUT2D eigenvalue weighted by atomic mass is 32.1. The first-order valence-electron chi connectivity index (χ1n) is 10.8. The third-order valence-corrected chi connectivity index (χ3v) is 6.87. The van der Waals surface area contributed by atoms with Crippen LogP contribution in [0.25, 0.3) is 0 Å². The van der Waals surface area contributed by atoms with Crippen LogP contribution in [0.5, 0.6) is 0 Å². The van der Waals surface area contributed by atoms with Crippen molar-refractivity contribution in [1.29, 1.82) is 0 Å². The Kier molecular flexibility index (Phi) is 6.70. The van der Waals surface area contributed by atoms with Crippen molar-refractivity contribution in [3.05, 3.63) is 92.7 Å². The summed E-state index contributed by atoms with van der Waals surface area (Å²) < 4.78 is 23.5. The summed E-state index contributed by atoms with van der Waals surface area (Å²) in [4.78, 5) is 38.4. The molecule has 1 atom stereocenters. The highest BCUT2D eigenvalue weighted by Gasteiger charge is 2.38. The van der Waals surface area contributed by atoms with Crippen molar-refractivity contribution in [2.75, 3.05) is 24.8 Å². The third-order valence-electron chi connectivity index (χ3n) is 5.74. The molecule has 1 aliphatic heterocycles. The number of fused-ring (bicyclic) bond motifs is 1. The summed E-state index contributed by atoms with van der Waals surface area (Å²) in [5, 5.41) is 3.82. The Labute approximate surface area is 205 Å². The molecule has 1 aromatic heterocycles. The third kappa shape index (κ3) is 4.42. The van der Waals surface area contributed by atoms with E-state index in [9.17, 15) is 18.8 Å². The normalized spacial score (nSPS) is 14.7. The maximum absolute atomic E-state index is 13.4. The largest absolute Gasteiger partial charge is 0.465 e. The molecule has 0 fully saturated rings. The van der Waals surface area contributed by atoms with Gasteiger partial charge in [-0.25, -0.2) is 14.0 Å². The fraction of sp³-hybridized carbons (Fsp3) is 0.192. The number of ether oxygens (including phenoxy) is 2. The lowest BCUT2D eigenvalue weighted by Crippen LogP contribution is -2.24. The van der Waals surface area contributed by atoms with Gasteiger partial charge in [0.2, 0.25) is 5.78 Å². The number of hydrogen-bond acceptors (Lipinski definition) is 8. The predicted octanol–water partition coefficient (Wildman–Crippen LogP) is 4.88. The van der Waals surface area contributed by atoms with Crippen LogP contribution in [0.4, 0.5) is 15.1 Å². The van der Waals surface area contributed by atoms with Crippen LogP contribution in [-0.2, 0) is 14.3 Å².